The van der Waals surface area contributed by atoms with E-state index in [2.05, 4.69) is 34.3 Å². The maximum Gasteiger partial charge on any atom is 0.131 e. The van der Waals surface area contributed by atoms with Gasteiger partial charge in [-0.05, 0) is 48.9 Å². The van der Waals surface area contributed by atoms with Crippen LogP contribution in [0.25, 0.3) is 0 Å². The van der Waals surface area contributed by atoms with Gasteiger partial charge in [0.25, 0.3) is 0 Å². The molecule has 0 atom stereocenters. The number of nitrogens with one attached hydrogen (secondary N) is 1. The smallest absolute Gasteiger partial charge is 0.131 e. The Kier molecular flexibility index (Phi) is 4.99. The van der Waals surface area contributed by atoms with Crippen molar-refractivity contribution in [3.05, 3.63) is 58.2 Å². The molecule has 0 aliphatic rings. The number of rotatable bonds is 5. The summed E-state index contributed by atoms with van der Waals surface area (Å²) in [4.78, 5) is 6.71. The van der Waals surface area contributed by atoms with E-state index in [9.17, 15) is 0 Å². The molecule has 1 N–H and O–H groups in total. The minimum atomic E-state index is 0.768. The Morgan fingerprint density at radius 3 is 2.70 bits per heavy atom. The van der Waals surface area contributed by atoms with Crippen molar-refractivity contribution in [3.63, 3.8) is 0 Å². The fraction of sp³-hybridized carbons (Fsp3) is 0.312. The van der Waals surface area contributed by atoms with E-state index in [4.69, 9.17) is 11.6 Å². The lowest BCUT2D eigenvalue weighted by Crippen LogP contribution is -2.19. The second kappa shape index (κ2) is 6.73. The Labute approximate surface area is 125 Å². The minimum Gasteiger partial charge on any atom is -0.355 e. The first-order valence-electron chi connectivity index (χ1n) is 6.66. The van der Waals surface area contributed by atoms with Crippen molar-refractivity contribution in [2.24, 2.45) is 0 Å². The van der Waals surface area contributed by atoms with Crippen LogP contribution in [-0.2, 0) is 13.1 Å². The Hall–Kier alpha value is -1.58. The van der Waals surface area contributed by atoms with Crippen LogP contribution in [-0.4, -0.2) is 19.1 Å². The van der Waals surface area contributed by atoms with Crippen LogP contribution in [0.3, 0.4) is 0 Å². The van der Waals surface area contributed by atoms with Crippen molar-refractivity contribution < 1.29 is 0 Å². The standard InChI is InChI=1S/C16H20ClN3/c1-12-7-14(9-18-2)10-19-16(12)20(3)11-13-5-4-6-15(17)8-13/h4-8,10,18H,9,11H2,1-3H3. The van der Waals surface area contributed by atoms with Crippen molar-refractivity contribution >= 4 is 17.4 Å². The number of halogens is 1. The number of anilines is 1. The summed E-state index contributed by atoms with van der Waals surface area (Å²) in [7, 11) is 3.99. The average molecular weight is 290 g/mol. The van der Waals surface area contributed by atoms with E-state index in [1.54, 1.807) is 0 Å². The van der Waals surface area contributed by atoms with Gasteiger partial charge in [-0.15, -0.1) is 0 Å². The van der Waals surface area contributed by atoms with Crippen molar-refractivity contribution in [2.75, 3.05) is 19.0 Å². The first-order valence-corrected chi connectivity index (χ1v) is 7.03. The van der Waals surface area contributed by atoms with Gasteiger partial charge in [0.2, 0.25) is 0 Å². The summed E-state index contributed by atoms with van der Waals surface area (Å²) in [5, 5.41) is 3.91. The summed E-state index contributed by atoms with van der Waals surface area (Å²) in [6.07, 6.45) is 1.92. The molecule has 1 heterocycles. The first-order chi connectivity index (χ1) is 9.60. The molecule has 1 aromatic heterocycles. The highest BCUT2D eigenvalue weighted by Crippen LogP contribution is 2.20. The maximum atomic E-state index is 6.02. The molecule has 0 aliphatic heterocycles. The first kappa shape index (κ1) is 14.8. The third-order valence-electron chi connectivity index (χ3n) is 3.16. The predicted molar refractivity (Wildman–Crippen MR) is 85.3 cm³/mol. The lowest BCUT2D eigenvalue weighted by Gasteiger charge is -2.21. The molecular weight excluding hydrogens is 270 g/mol. The summed E-state index contributed by atoms with van der Waals surface area (Å²) >= 11 is 6.02. The molecule has 1 aromatic carbocycles. The zero-order valence-electron chi connectivity index (χ0n) is 12.2. The fourth-order valence-corrected chi connectivity index (χ4v) is 2.52. The van der Waals surface area contributed by atoms with Crippen molar-refractivity contribution in [1.82, 2.24) is 10.3 Å². The molecule has 0 spiro atoms. The van der Waals surface area contributed by atoms with Crippen LogP contribution < -0.4 is 10.2 Å². The van der Waals surface area contributed by atoms with Gasteiger partial charge in [0.05, 0.1) is 0 Å². The van der Waals surface area contributed by atoms with E-state index in [0.717, 1.165) is 23.9 Å². The van der Waals surface area contributed by atoms with Crippen LogP contribution >= 0.6 is 11.6 Å². The highest BCUT2D eigenvalue weighted by Gasteiger charge is 2.08. The van der Waals surface area contributed by atoms with Gasteiger partial charge in [0.1, 0.15) is 5.82 Å². The molecule has 20 heavy (non-hydrogen) atoms. The molecule has 4 heteroatoms. The predicted octanol–water partition coefficient (Wildman–Crippen LogP) is 3.40. The van der Waals surface area contributed by atoms with Gasteiger partial charge in [-0.3, -0.25) is 0 Å². The number of pyridine rings is 1. The molecule has 3 nitrogen and oxygen atoms in total. The summed E-state index contributed by atoms with van der Waals surface area (Å²) < 4.78 is 0. The van der Waals surface area contributed by atoms with Gasteiger partial charge in [0.15, 0.2) is 0 Å². The third-order valence-corrected chi connectivity index (χ3v) is 3.39. The molecule has 0 unspecified atom stereocenters. The van der Waals surface area contributed by atoms with E-state index < -0.39 is 0 Å². The van der Waals surface area contributed by atoms with Gasteiger partial charge in [-0.25, -0.2) is 4.98 Å². The lowest BCUT2D eigenvalue weighted by atomic mass is 10.1. The number of benzene rings is 1. The normalized spacial score (nSPS) is 10.6. The maximum absolute atomic E-state index is 6.02. The SMILES string of the molecule is CNCc1cnc(N(C)Cc2cccc(Cl)c2)c(C)c1. The molecule has 2 aromatic rings. The third kappa shape index (κ3) is 3.71. The Morgan fingerprint density at radius 1 is 1.25 bits per heavy atom. The summed E-state index contributed by atoms with van der Waals surface area (Å²) in [5.74, 6) is 1.00. The van der Waals surface area contributed by atoms with E-state index in [0.29, 0.717) is 0 Å². The Bertz CT molecular complexity index is 584. The molecule has 0 saturated carbocycles. The number of hydrogen-bond donors (Lipinski definition) is 1. The molecule has 0 bridgehead atoms. The number of hydrogen-bond acceptors (Lipinski definition) is 3. The molecule has 0 fully saturated rings. The van der Waals surface area contributed by atoms with Crippen LogP contribution in [0.4, 0.5) is 5.82 Å². The van der Waals surface area contributed by atoms with Gasteiger partial charge in [-0.1, -0.05) is 23.7 Å². The average Bonchev–Trinajstić information content (AvgIpc) is 2.39. The van der Waals surface area contributed by atoms with Crippen LogP contribution in [0.2, 0.25) is 5.02 Å². The molecule has 0 aliphatic carbocycles. The molecule has 0 saturated heterocycles. The van der Waals surface area contributed by atoms with E-state index >= 15 is 0 Å². The van der Waals surface area contributed by atoms with Gasteiger partial charge < -0.3 is 10.2 Å². The van der Waals surface area contributed by atoms with Crippen molar-refractivity contribution in [3.8, 4) is 0 Å². The van der Waals surface area contributed by atoms with Crippen molar-refractivity contribution in [1.29, 1.82) is 0 Å². The van der Waals surface area contributed by atoms with Crippen molar-refractivity contribution in [2.45, 2.75) is 20.0 Å². The van der Waals surface area contributed by atoms with Crippen LogP contribution in [0.15, 0.2) is 36.5 Å². The lowest BCUT2D eigenvalue weighted by molar-refractivity contribution is 0.807. The highest BCUT2D eigenvalue weighted by atomic mass is 35.5. The fourth-order valence-electron chi connectivity index (χ4n) is 2.31. The van der Waals surface area contributed by atoms with Gasteiger partial charge >= 0.3 is 0 Å². The zero-order valence-corrected chi connectivity index (χ0v) is 12.9. The van der Waals surface area contributed by atoms with E-state index in [1.165, 1.54) is 16.7 Å². The molecule has 2 rings (SSSR count). The van der Waals surface area contributed by atoms with Crippen LogP contribution in [0.5, 0.6) is 0 Å². The molecule has 0 radical (unpaired) electrons. The Balaban J connectivity index is 2.14. The Morgan fingerprint density at radius 2 is 2.05 bits per heavy atom. The molecule has 106 valence electrons. The van der Waals surface area contributed by atoms with Crippen LogP contribution in [0.1, 0.15) is 16.7 Å². The summed E-state index contributed by atoms with van der Waals surface area (Å²) in [6, 6.07) is 10.1. The quantitative estimate of drug-likeness (QED) is 0.914. The zero-order chi connectivity index (χ0) is 14.5. The highest BCUT2D eigenvalue weighted by molar-refractivity contribution is 6.30. The second-order valence-corrected chi connectivity index (χ2v) is 5.44. The largest absolute Gasteiger partial charge is 0.355 e. The molecule has 0 amide bonds. The summed E-state index contributed by atoms with van der Waals surface area (Å²) in [6.45, 7) is 3.72. The van der Waals surface area contributed by atoms with Gasteiger partial charge in [0, 0.05) is 31.4 Å². The molecular formula is C16H20ClN3. The van der Waals surface area contributed by atoms with E-state index in [-0.39, 0.29) is 0 Å². The topological polar surface area (TPSA) is 28.2 Å². The number of aryl methyl sites for hydroxylation is 1. The number of nitrogens with zero attached hydrogens (tertiary/aromatic N) is 2. The monoisotopic (exact) mass is 289 g/mol. The minimum absolute atomic E-state index is 0.768. The van der Waals surface area contributed by atoms with Crippen LogP contribution in [0, 0.1) is 6.92 Å². The number of aromatic nitrogens is 1. The van der Waals surface area contributed by atoms with Gasteiger partial charge in [-0.2, -0.15) is 0 Å². The second-order valence-electron chi connectivity index (χ2n) is 5.00. The summed E-state index contributed by atoms with van der Waals surface area (Å²) in [5.41, 5.74) is 3.56. The van der Waals surface area contributed by atoms with E-state index in [1.807, 2.05) is 38.5 Å².